The number of hydrogen-bond donors (Lipinski definition) is 2. The van der Waals surface area contributed by atoms with Gasteiger partial charge in [-0.25, -0.2) is 0 Å². The number of aromatic hydroxyl groups is 1. The number of rotatable bonds is 6. The summed E-state index contributed by atoms with van der Waals surface area (Å²) in [5.41, 5.74) is 1.09. The fourth-order valence-electron chi connectivity index (χ4n) is 4.14. The van der Waals surface area contributed by atoms with Gasteiger partial charge in [-0.1, -0.05) is 12.5 Å². The number of benzene rings is 1. The second-order valence-electron chi connectivity index (χ2n) is 7.26. The fraction of sp³-hybridized carbons (Fsp3) is 0.684. The van der Waals surface area contributed by atoms with Crippen LogP contribution in [0.25, 0.3) is 0 Å². The number of hydrogen-bond acceptors (Lipinski definition) is 5. The van der Waals surface area contributed by atoms with Gasteiger partial charge < -0.3 is 19.8 Å². The van der Waals surface area contributed by atoms with Crippen LogP contribution in [0, 0.1) is 11.8 Å². The van der Waals surface area contributed by atoms with Crippen LogP contribution in [0.1, 0.15) is 24.8 Å². The van der Waals surface area contributed by atoms with E-state index in [-0.39, 0.29) is 12.4 Å². The third kappa shape index (κ3) is 4.21. The maximum atomic E-state index is 9.94. The molecule has 1 aromatic carbocycles. The van der Waals surface area contributed by atoms with Crippen molar-refractivity contribution >= 4 is 0 Å². The van der Waals surface area contributed by atoms with E-state index in [0.29, 0.717) is 17.6 Å². The van der Waals surface area contributed by atoms with Crippen LogP contribution in [0.15, 0.2) is 18.2 Å². The normalized spacial score (nSPS) is 25.9. The Balaban J connectivity index is 1.58. The lowest BCUT2D eigenvalue weighted by Crippen LogP contribution is -2.37. The summed E-state index contributed by atoms with van der Waals surface area (Å²) >= 11 is 0. The van der Waals surface area contributed by atoms with Crippen molar-refractivity contribution in [2.24, 2.45) is 11.8 Å². The van der Waals surface area contributed by atoms with Crippen molar-refractivity contribution in [1.29, 1.82) is 0 Å². The summed E-state index contributed by atoms with van der Waals surface area (Å²) in [5.74, 6) is 1.60. The van der Waals surface area contributed by atoms with Crippen molar-refractivity contribution in [3.63, 3.8) is 0 Å². The first-order valence-corrected chi connectivity index (χ1v) is 9.11. The van der Waals surface area contributed by atoms with Gasteiger partial charge in [-0.3, -0.25) is 4.90 Å². The molecule has 2 saturated heterocycles. The zero-order chi connectivity index (χ0) is 16.9. The third-order valence-electron chi connectivity index (χ3n) is 5.48. The monoisotopic (exact) mass is 334 g/mol. The van der Waals surface area contributed by atoms with E-state index in [2.05, 4.69) is 9.80 Å². The molecule has 2 aliphatic heterocycles. The van der Waals surface area contributed by atoms with Crippen LogP contribution in [0.2, 0.25) is 0 Å². The van der Waals surface area contributed by atoms with E-state index < -0.39 is 0 Å². The van der Waals surface area contributed by atoms with Crippen molar-refractivity contribution in [2.75, 3.05) is 46.4 Å². The second kappa shape index (κ2) is 8.19. The van der Waals surface area contributed by atoms with Crippen LogP contribution in [0.4, 0.5) is 0 Å². The molecule has 0 unspecified atom stereocenters. The lowest BCUT2D eigenvalue weighted by molar-refractivity contribution is 0.149. The van der Waals surface area contributed by atoms with Gasteiger partial charge >= 0.3 is 0 Å². The Morgan fingerprint density at radius 3 is 2.50 bits per heavy atom. The van der Waals surface area contributed by atoms with Crippen molar-refractivity contribution < 1.29 is 14.9 Å². The molecule has 3 rings (SSSR count). The number of phenols is 1. The molecule has 2 fully saturated rings. The van der Waals surface area contributed by atoms with Crippen molar-refractivity contribution in [3.8, 4) is 11.5 Å². The van der Waals surface area contributed by atoms with Crippen molar-refractivity contribution in [1.82, 2.24) is 9.80 Å². The van der Waals surface area contributed by atoms with Crippen LogP contribution >= 0.6 is 0 Å². The highest BCUT2D eigenvalue weighted by Crippen LogP contribution is 2.30. The summed E-state index contributed by atoms with van der Waals surface area (Å²) in [6.07, 6.45) is 3.98. The van der Waals surface area contributed by atoms with Gasteiger partial charge in [0.25, 0.3) is 0 Å². The first-order valence-electron chi connectivity index (χ1n) is 9.11. The van der Waals surface area contributed by atoms with E-state index in [1.165, 1.54) is 32.4 Å². The van der Waals surface area contributed by atoms with Crippen molar-refractivity contribution in [2.45, 2.75) is 25.8 Å². The van der Waals surface area contributed by atoms with Gasteiger partial charge in [0.1, 0.15) is 0 Å². The van der Waals surface area contributed by atoms with E-state index in [1.807, 2.05) is 12.1 Å². The van der Waals surface area contributed by atoms with Gasteiger partial charge in [-0.05, 0) is 55.5 Å². The first-order chi connectivity index (χ1) is 11.7. The highest BCUT2D eigenvalue weighted by atomic mass is 16.5. The number of aliphatic hydroxyl groups excluding tert-OH is 1. The Hall–Kier alpha value is -1.30. The Bertz CT molecular complexity index is 531. The number of aliphatic hydroxyl groups is 1. The topological polar surface area (TPSA) is 56.2 Å². The second-order valence-corrected chi connectivity index (χ2v) is 7.26. The SMILES string of the molecule is COc1ccc(CN2C[C@@H](CN3CCCCC3)[C@@H](CO)C2)cc1O. The molecule has 1 aromatic rings. The number of ether oxygens (including phenoxy) is 1. The van der Waals surface area contributed by atoms with Crippen LogP contribution in [0.3, 0.4) is 0 Å². The van der Waals surface area contributed by atoms with Gasteiger partial charge in [0.2, 0.25) is 0 Å². The Morgan fingerprint density at radius 2 is 1.83 bits per heavy atom. The lowest BCUT2D eigenvalue weighted by Gasteiger charge is -2.30. The minimum atomic E-state index is 0.192. The quantitative estimate of drug-likeness (QED) is 0.832. The predicted octanol–water partition coefficient (Wildman–Crippen LogP) is 1.93. The standard InChI is InChI=1S/C19H30N2O3/c1-24-19-6-5-15(9-18(19)23)10-21-12-16(17(13-21)14-22)11-20-7-3-2-4-8-20/h5-6,9,16-17,22-23H,2-4,7-8,10-14H2,1H3/t16-,17-/m1/s1. The van der Waals surface area contributed by atoms with Crippen molar-refractivity contribution in [3.05, 3.63) is 23.8 Å². The molecule has 0 aromatic heterocycles. The summed E-state index contributed by atoms with van der Waals surface area (Å²) < 4.78 is 5.10. The molecule has 5 heteroatoms. The molecule has 2 N–H and O–H groups in total. The molecule has 5 nitrogen and oxygen atoms in total. The summed E-state index contributed by atoms with van der Waals surface area (Å²) in [5, 5.41) is 19.7. The smallest absolute Gasteiger partial charge is 0.160 e. The highest BCUT2D eigenvalue weighted by Gasteiger charge is 2.33. The molecule has 2 aliphatic rings. The van der Waals surface area contributed by atoms with Gasteiger partial charge in [0.05, 0.1) is 7.11 Å². The Labute approximate surface area is 144 Å². The average molecular weight is 334 g/mol. The van der Waals surface area contributed by atoms with Crippen LogP contribution in [-0.2, 0) is 6.54 Å². The van der Waals surface area contributed by atoms with Gasteiger partial charge in [-0.2, -0.15) is 0 Å². The molecule has 134 valence electrons. The van der Waals surface area contributed by atoms with Gasteiger partial charge in [-0.15, -0.1) is 0 Å². The van der Waals surface area contributed by atoms with Gasteiger partial charge in [0, 0.05) is 32.8 Å². The summed E-state index contributed by atoms with van der Waals surface area (Å²) in [6, 6.07) is 5.60. The zero-order valence-electron chi connectivity index (χ0n) is 14.7. The molecule has 0 bridgehead atoms. The average Bonchev–Trinajstić information content (AvgIpc) is 2.97. The number of likely N-dealkylation sites (tertiary alicyclic amines) is 2. The van der Waals surface area contributed by atoms with E-state index in [4.69, 9.17) is 4.74 Å². The van der Waals surface area contributed by atoms with E-state index >= 15 is 0 Å². The zero-order valence-corrected chi connectivity index (χ0v) is 14.7. The molecular weight excluding hydrogens is 304 g/mol. The number of methoxy groups -OCH3 is 1. The fourth-order valence-corrected chi connectivity index (χ4v) is 4.14. The van der Waals surface area contributed by atoms with E-state index in [0.717, 1.165) is 31.7 Å². The summed E-state index contributed by atoms with van der Waals surface area (Å²) in [7, 11) is 1.56. The maximum Gasteiger partial charge on any atom is 0.160 e. The van der Waals surface area contributed by atoms with Crippen LogP contribution in [-0.4, -0.2) is 66.5 Å². The molecule has 0 aliphatic carbocycles. The number of phenolic OH excluding ortho intramolecular Hbond substituents is 1. The summed E-state index contributed by atoms with van der Waals surface area (Å²) in [4.78, 5) is 4.97. The molecular formula is C19H30N2O3. The first kappa shape index (κ1) is 17.5. The molecule has 2 atom stereocenters. The third-order valence-corrected chi connectivity index (χ3v) is 5.48. The molecule has 2 heterocycles. The largest absolute Gasteiger partial charge is 0.504 e. The minimum absolute atomic E-state index is 0.192. The Morgan fingerprint density at radius 1 is 1.08 bits per heavy atom. The number of piperidine rings is 1. The summed E-state index contributed by atoms with van der Waals surface area (Å²) in [6.45, 7) is 6.56. The minimum Gasteiger partial charge on any atom is -0.504 e. The van der Waals surface area contributed by atoms with E-state index in [9.17, 15) is 10.2 Å². The van der Waals surface area contributed by atoms with E-state index in [1.54, 1.807) is 13.2 Å². The predicted molar refractivity (Wildman–Crippen MR) is 94.3 cm³/mol. The number of nitrogens with zero attached hydrogens (tertiary/aromatic N) is 2. The molecule has 24 heavy (non-hydrogen) atoms. The Kier molecular flexibility index (Phi) is 5.98. The molecule has 0 saturated carbocycles. The molecule has 0 spiro atoms. The highest BCUT2D eigenvalue weighted by molar-refractivity contribution is 5.41. The lowest BCUT2D eigenvalue weighted by atomic mass is 9.95. The van der Waals surface area contributed by atoms with Crippen LogP contribution < -0.4 is 4.74 Å². The molecule has 0 radical (unpaired) electrons. The molecule has 0 amide bonds. The maximum absolute atomic E-state index is 9.94. The van der Waals surface area contributed by atoms with Crippen LogP contribution in [0.5, 0.6) is 11.5 Å². The van der Waals surface area contributed by atoms with Gasteiger partial charge in [0.15, 0.2) is 11.5 Å².